The van der Waals surface area contributed by atoms with Gasteiger partial charge in [-0.2, -0.15) is 0 Å². The van der Waals surface area contributed by atoms with Crippen molar-refractivity contribution in [1.29, 1.82) is 0 Å². The van der Waals surface area contributed by atoms with Gasteiger partial charge in [0, 0.05) is 11.3 Å². The molecule has 0 N–H and O–H groups in total. The first-order valence-corrected chi connectivity index (χ1v) is 5.13. The SMILES string of the molecule is O=CC1=COC2C(CCCC2[N+](=O)[O-])C1=O. The largest absolute Gasteiger partial charge is 0.489 e. The molecule has 0 radical (unpaired) electrons. The van der Waals surface area contributed by atoms with Gasteiger partial charge in [-0.3, -0.25) is 19.7 Å². The molecule has 2 aliphatic rings. The highest BCUT2D eigenvalue weighted by atomic mass is 16.6. The molecule has 2 rings (SSSR count). The average molecular weight is 225 g/mol. The van der Waals surface area contributed by atoms with Gasteiger partial charge in [0.25, 0.3) is 0 Å². The van der Waals surface area contributed by atoms with Crippen LogP contribution in [0.1, 0.15) is 19.3 Å². The fraction of sp³-hybridized carbons (Fsp3) is 0.600. The number of hydrogen-bond donors (Lipinski definition) is 0. The monoisotopic (exact) mass is 225 g/mol. The van der Waals surface area contributed by atoms with E-state index in [9.17, 15) is 19.7 Å². The van der Waals surface area contributed by atoms with Gasteiger partial charge in [-0.15, -0.1) is 0 Å². The lowest BCUT2D eigenvalue weighted by molar-refractivity contribution is -0.539. The number of Topliss-reactive ketones (excluding diaryl/α,β-unsaturated/α-hetero) is 1. The van der Waals surface area contributed by atoms with Crippen LogP contribution in [0.25, 0.3) is 0 Å². The molecule has 86 valence electrons. The number of hydrogen-bond acceptors (Lipinski definition) is 5. The van der Waals surface area contributed by atoms with Crippen molar-refractivity contribution in [3.05, 3.63) is 21.9 Å². The number of nitro groups is 1. The lowest BCUT2D eigenvalue weighted by Crippen LogP contribution is -2.48. The van der Waals surface area contributed by atoms with Crippen molar-refractivity contribution in [1.82, 2.24) is 0 Å². The summed E-state index contributed by atoms with van der Waals surface area (Å²) >= 11 is 0. The Morgan fingerprint density at radius 3 is 2.88 bits per heavy atom. The predicted molar refractivity (Wildman–Crippen MR) is 52.2 cm³/mol. The zero-order valence-electron chi connectivity index (χ0n) is 8.50. The number of ketones is 1. The van der Waals surface area contributed by atoms with E-state index in [1.807, 2.05) is 0 Å². The minimum absolute atomic E-state index is 0.0229. The van der Waals surface area contributed by atoms with Crippen molar-refractivity contribution in [2.75, 3.05) is 0 Å². The van der Waals surface area contributed by atoms with Gasteiger partial charge in [0.2, 0.25) is 6.04 Å². The molecule has 16 heavy (non-hydrogen) atoms. The van der Waals surface area contributed by atoms with E-state index in [2.05, 4.69) is 0 Å². The number of allylic oxidation sites excluding steroid dienone is 1. The lowest BCUT2D eigenvalue weighted by atomic mass is 9.78. The predicted octanol–water partition coefficient (Wildman–Crippen LogP) is 0.482. The number of ether oxygens (including phenoxy) is 1. The standard InChI is InChI=1S/C10H11NO5/c12-4-6-5-16-10-7(9(6)13)2-1-3-8(10)11(14)15/h4-5,7-8,10H,1-3H2. The molecular weight excluding hydrogens is 214 g/mol. The molecule has 6 heteroatoms. The number of fused-ring (bicyclic) bond motifs is 1. The summed E-state index contributed by atoms with van der Waals surface area (Å²) < 4.78 is 5.17. The maximum absolute atomic E-state index is 11.8. The maximum Gasteiger partial charge on any atom is 0.250 e. The van der Waals surface area contributed by atoms with Crippen molar-refractivity contribution in [3.8, 4) is 0 Å². The highest BCUT2D eigenvalue weighted by Crippen LogP contribution is 2.33. The Balaban J connectivity index is 2.27. The molecule has 0 amide bonds. The molecule has 6 nitrogen and oxygen atoms in total. The summed E-state index contributed by atoms with van der Waals surface area (Å²) in [6, 6.07) is -0.841. The second kappa shape index (κ2) is 4.03. The number of aldehydes is 1. The van der Waals surface area contributed by atoms with Gasteiger partial charge in [-0.05, 0) is 12.8 Å². The minimum atomic E-state index is -0.841. The van der Waals surface area contributed by atoms with Gasteiger partial charge < -0.3 is 4.74 Å². The summed E-state index contributed by atoms with van der Waals surface area (Å²) in [6.07, 6.45) is 2.38. The summed E-state index contributed by atoms with van der Waals surface area (Å²) in [6.45, 7) is 0. The number of rotatable bonds is 2. The molecule has 0 aromatic heterocycles. The Bertz CT molecular complexity index is 375. The van der Waals surface area contributed by atoms with E-state index in [1.165, 1.54) is 0 Å². The number of carbonyl (C=O) groups excluding carboxylic acids is 2. The van der Waals surface area contributed by atoms with Crippen molar-refractivity contribution in [3.63, 3.8) is 0 Å². The Morgan fingerprint density at radius 1 is 1.50 bits per heavy atom. The molecule has 0 saturated heterocycles. The van der Waals surface area contributed by atoms with Crippen LogP contribution in [0, 0.1) is 16.0 Å². The maximum atomic E-state index is 11.8. The van der Waals surface area contributed by atoms with E-state index in [-0.39, 0.29) is 11.4 Å². The number of nitrogens with zero attached hydrogens (tertiary/aromatic N) is 1. The van der Waals surface area contributed by atoms with Crippen LogP contribution in [0.2, 0.25) is 0 Å². The van der Waals surface area contributed by atoms with Gasteiger partial charge in [-0.25, -0.2) is 0 Å². The van der Waals surface area contributed by atoms with E-state index in [4.69, 9.17) is 4.74 Å². The number of carbonyl (C=O) groups is 2. The summed E-state index contributed by atoms with van der Waals surface area (Å²) in [7, 11) is 0. The Hall–Kier alpha value is -1.72. The zero-order valence-corrected chi connectivity index (χ0v) is 8.50. The molecule has 0 aromatic carbocycles. The molecule has 1 saturated carbocycles. The molecule has 0 spiro atoms. The van der Waals surface area contributed by atoms with Crippen LogP contribution in [0.4, 0.5) is 0 Å². The molecule has 0 aromatic rings. The lowest BCUT2D eigenvalue weighted by Gasteiger charge is -2.34. The van der Waals surface area contributed by atoms with Gasteiger partial charge in [-0.1, -0.05) is 0 Å². The van der Waals surface area contributed by atoms with Gasteiger partial charge in [0.05, 0.1) is 17.8 Å². The van der Waals surface area contributed by atoms with Crippen LogP contribution in [0.15, 0.2) is 11.8 Å². The van der Waals surface area contributed by atoms with Crippen LogP contribution in [-0.4, -0.2) is 29.1 Å². The van der Waals surface area contributed by atoms with Crippen LogP contribution in [0.5, 0.6) is 0 Å². The first kappa shape index (κ1) is 10.8. The van der Waals surface area contributed by atoms with E-state index < -0.39 is 23.0 Å². The highest BCUT2D eigenvalue weighted by molar-refractivity contribution is 6.13. The molecule has 1 aliphatic heterocycles. The molecule has 3 unspecified atom stereocenters. The average Bonchev–Trinajstić information content (AvgIpc) is 2.29. The smallest absolute Gasteiger partial charge is 0.250 e. The van der Waals surface area contributed by atoms with Crippen molar-refractivity contribution in [2.45, 2.75) is 31.4 Å². The topological polar surface area (TPSA) is 86.5 Å². The van der Waals surface area contributed by atoms with Crippen molar-refractivity contribution in [2.24, 2.45) is 5.92 Å². The summed E-state index contributed by atoms with van der Waals surface area (Å²) in [5.74, 6) is -0.854. The fourth-order valence-electron chi connectivity index (χ4n) is 2.34. The molecule has 1 aliphatic carbocycles. The quantitative estimate of drug-likeness (QED) is 0.295. The normalized spacial score (nSPS) is 33.4. The van der Waals surface area contributed by atoms with Crippen molar-refractivity contribution >= 4 is 12.1 Å². The van der Waals surface area contributed by atoms with E-state index >= 15 is 0 Å². The fourth-order valence-corrected chi connectivity index (χ4v) is 2.34. The first-order chi connectivity index (χ1) is 7.65. The van der Waals surface area contributed by atoms with Gasteiger partial charge >= 0.3 is 0 Å². The summed E-state index contributed by atoms with van der Waals surface area (Å²) in [5.41, 5.74) is -0.0229. The second-order valence-corrected chi connectivity index (χ2v) is 4.05. The second-order valence-electron chi connectivity index (χ2n) is 4.05. The molecular formula is C10H11NO5. The van der Waals surface area contributed by atoms with Gasteiger partial charge in [0.15, 0.2) is 18.2 Å². The molecule has 1 fully saturated rings. The Kier molecular flexibility index (Phi) is 2.72. The van der Waals surface area contributed by atoms with Crippen LogP contribution < -0.4 is 0 Å². The highest BCUT2D eigenvalue weighted by Gasteiger charge is 2.47. The van der Waals surface area contributed by atoms with Crippen LogP contribution in [-0.2, 0) is 14.3 Å². The van der Waals surface area contributed by atoms with Crippen LogP contribution in [0.3, 0.4) is 0 Å². The van der Waals surface area contributed by atoms with Crippen LogP contribution >= 0.6 is 0 Å². The zero-order chi connectivity index (χ0) is 11.7. The third-order valence-electron chi connectivity index (χ3n) is 3.16. The third-order valence-corrected chi connectivity index (χ3v) is 3.16. The van der Waals surface area contributed by atoms with E-state index in [0.717, 1.165) is 6.26 Å². The van der Waals surface area contributed by atoms with E-state index in [0.29, 0.717) is 25.5 Å². The van der Waals surface area contributed by atoms with Crippen molar-refractivity contribution < 1.29 is 19.2 Å². The molecule has 1 heterocycles. The van der Waals surface area contributed by atoms with E-state index in [1.54, 1.807) is 0 Å². The molecule has 3 atom stereocenters. The minimum Gasteiger partial charge on any atom is -0.489 e. The van der Waals surface area contributed by atoms with Gasteiger partial charge in [0.1, 0.15) is 0 Å². The molecule has 0 bridgehead atoms. The summed E-state index contributed by atoms with van der Waals surface area (Å²) in [4.78, 5) is 32.7. The third kappa shape index (κ3) is 1.60. The summed E-state index contributed by atoms with van der Waals surface area (Å²) in [5, 5.41) is 10.8. The Labute approximate surface area is 91.4 Å². The Morgan fingerprint density at radius 2 is 2.25 bits per heavy atom. The first-order valence-electron chi connectivity index (χ1n) is 5.13.